The van der Waals surface area contributed by atoms with Crippen molar-refractivity contribution in [3.63, 3.8) is 0 Å². The van der Waals surface area contributed by atoms with Crippen LogP contribution in [0.3, 0.4) is 0 Å². The zero-order valence-corrected chi connectivity index (χ0v) is 14.7. The van der Waals surface area contributed by atoms with Gasteiger partial charge in [0, 0.05) is 44.5 Å². The molecule has 1 amide bonds. The van der Waals surface area contributed by atoms with Crippen LogP contribution in [0.15, 0.2) is 59.3 Å². The second kappa shape index (κ2) is 7.07. The van der Waals surface area contributed by atoms with Crippen LogP contribution < -0.4 is 4.74 Å². The summed E-state index contributed by atoms with van der Waals surface area (Å²) < 4.78 is 13.3. The van der Waals surface area contributed by atoms with Gasteiger partial charge in [0.2, 0.25) is 0 Å². The Bertz CT molecular complexity index is 877. The number of ether oxygens (including phenoxy) is 1. The highest BCUT2D eigenvalue weighted by Gasteiger charge is 2.28. The maximum atomic E-state index is 12.7. The molecule has 3 aromatic rings. The van der Waals surface area contributed by atoms with Gasteiger partial charge >= 0.3 is 0 Å². The van der Waals surface area contributed by atoms with Crippen molar-refractivity contribution in [2.45, 2.75) is 18.8 Å². The number of piperidine rings is 1. The van der Waals surface area contributed by atoms with Gasteiger partial charge in [-0.2, -0.15) is 0 Å². The predicted octanol–water partition coefficient (Wildman–Crippen LogP) is 3.83. The number of hydrogen-bond donors (Lipinski definition) is 0. The number of amides is 1. The minimum absolute atomic E-state index is 0.0915. The minimum Gasteiger partial charge on any atom is -0.426 e. The third kappa shape index (κ3) is 3.35. The van der Waals surface area contributed by atoms with E-state index in [0.29, 0.717) is 36.5 Å². The second-order valence-corrected chi connectivity index (χ2v) is 6.50. The molecule has 0 radical (unpaired) electrons. The molecule has 0 N–H and O–H groups in total. The van der Waals surface area contributed by atoms with Crippen LogP contribution in [0.1, 0.15) is 35.1 Å². The number of carbonyl (C=O) groups excluding carboxylic acids is 1. The van der Waals surface area contributed by atoms with Crippen molar-refractivity contribution in [3.8, 4) is 11.7 Å². The van der Waals surface area contributed by atoms with Gasteiger partial charge in [0.05, 0.1) is 0 Å². The monoisotopic (exact) mass is 351 g/mol. The van der Waals surface area contributed by atoms with E-state index < -0.39 is 0 Å². The molecular formula is C20H21N3O3. The van der Waals surface area contributed by atoms with Crippen LogP contribution in [0, 0.1) is 0 Å². The van der Waals surface area contributed by atoms with Gasteiger partial charge in [0.25, 0.3) is 11.9 Å². The lowest BCUT2D eigenvalue weighted by atomic mass is 9.96. The molecule has 134 valence electrons. The van der Waals surface area contributed by atoms with Crippen molar-refractivity contribution in [2.24, 2.45) is 7.05 Å². The van der Waals surface area contributed by atoms with Crippen molar-refractivity contribution in [2.75, 3.05) is 13.1 Å². The normalized spacial score (nSPS) is 15.2. The molecule has 0 bridgehead atoms. The first kappa shape index (κ1) is 16.4. The van der Waals surface area contributed by atoms with Crippen LogP contribution in [0.5, 0.6) is 11.7 Å². The Labute approximate surface area is 152 Å². The maximum absolute atomic E-state index is 12.7. The summed E-state index contributed by atoms with van der Waals surface area (Å²) in [5.41, 5.74) is 0. The molecule has 1 aliphatic heterocycles. The van der Waals surface area contributed by atoms with E-state index in [2.05, 4.69) is 9.55 Å². The molecule has 1 fully saturated rings. The van der Waals surface area contributed by atoms with Crippen LogP contribution in [-0.2, 0) is 7.05 Å². The molecule has 0 spiro atoms. The van der Waals surface area contributed by atoms with Gasteiger partial charge in [-0.25, -0.2) is 4.98 Å². The van der Waals surface area contributed by atoms with E-state index in [0.717, 1.165) is 18.7 Å². The molecule has 0 atom stereocenters. The van der Waals surface area contributed by atoms with Crippen LogP contribution in [-0.4, -0.2) is 33.4 Å². The number of nitrogens with zero attached hydrogens (tertiary/aromatic N) is 3. The second-order valence-electron chi connectivity index (χ2n) is 6.50. The molecule has 1 aliphatic rings. The van der Waals surface area contributed by atoms with Crippen molar-refractivity contribution in [1.82, 2.24) is 14.5 Å². The smallest absolute Gasteiger partial charge is 0.290 e. The third-order valence-electron chi connectivity index (χ3n) is 4.76. The van der Waals surface area contributed by atoms with Crippen LogP contribution in [0.2, 0.25) is 0 Å². The Balaban J connectivity index is 1.37. The first-order valence-corrected chi connectivity index (χ1v) is 8.80. The van der Waals surface area contributed by atoms with Gasteiger partial charge in [0.15, 0.2) is 5.76 Å². The van der Waals surface area contributed by atoms with Crippen LogP contribution >= 0.6 is 0 Å². The van der Waals surface area contributed by atoms with E-state index in [4.69, 9.17) is 9.15 Å². The Hall–Kier alpha value is -3.02. The summed E-state index contributed by atoms with van der Waals surface area (Å²) in [6.45, 7) is 1.40. The van der Waals surface area contributed by atoms with Crippen LogP contribution in [0.4, 0.5) is 0 Å². The lowest BCUT2D eigenvalue weighted by Gasteiger charge is -2.31. The average Bonchev–Trinajstić information content (AvgIpc) is 3.31. The standard InChI is InChI=1S/C20H21N3O3/c1-22-14-11-21-19(22)15-9-12-23(13-10-15)20(24)17-7-8-18(26-17)25-16-5-3-2-4-6-16/h2-8,11,14-15H,9-10,12-13H2,1H3. The summed E-state index contributed by atoms with van der Waals surface area (Å²) in [6.07, 6.45) is 5.60. The number of aromatic nitrogens is 2. The minimum atomic E-state index is -0.0915. The summed E-state index contributed by atoms with van der Waals surface area (Å²) in [6, 6.07) is 12.7. The average molecular weight is 351 g/mol. The number of benzene rings is 1. The van der Waals surface area contributed by atoms with Gasteiger partial charge in [-0.1, -0.05) is 18.2 Å². The summed E-state index contributed by atoms with van der Waals surface area (Å²) in [4.78, 5) is 19.0. The van der Waals surface area contributed by atoms with Gasteiger partial charge in [-0.15, -0.1) is 0 Å². The van der Waals surface area contributed by atoms with E-state index in [1.165, 1.54) is 0 Å². The number of aryl methyl sites for hydroxylation is 1. The lowest BCUT2D eigenvalue weighted by Crippen LogP contribution is -2.38. The first-order valence-electron chi connectivity index (χ1n) is 8.80. The Morgan fingerprint density at radius 2 is 1.92 bits per heavy atom. The Morgan fingerprint density at radius 3 is 2.62 bits per heavy atom. The number of furan rings is 1. The van der Waals surface area contributed by atoms with Gasteiger partial charge in [-0.3, -0.25) is 4.79 Å². The number of imidazole rings is 1. The Morgan fingerprint density at radius 1 is 1.15 bits per heavy atom. The Kier molecular flexibility index (Phi) is 4.48. The molecule has 0 aliphatic carbocycles. The topological polar surface area (TPSA) is 60.5 Å². The number of carbonyl (C=O) groups is 1. The van der Waals surface area contributed by atoms with E-state index in [1.54, 1.807) is 12.1 Å². The van der Waals surface area contributed by atoms with E-state index in [9.17, 15) is 4.79 Å². The SMILES string of the molecule is Cn1ccnc1C1CCN(C(=O)c2ccc(Oc3ccccc3)o2)CC1. The van der Waals surface area contributed by atoms with Crippen molar-refractivity contribution in [1.29, 1.82) is 0 Å². The molecular weight excluding hydrogens is 330 g/mol. The highest BCUT2D eigenvalue weighted by Crippen LogP contribution is 2.29. The van der Waals surface area contributed by atoms with E-state index in [-0.39, 0.29) is 5.91 Å². The quantitative estimate of drug-likeness (QED) is 0.717. The van der Waals surface area contributed by atoms with Gasteiger partial charge in [0.1, 0.15) is 11.6 Å². The van der Waals surface area contributed by atoms with Gasteiger partial charge in [-0.05, 0) is 31.0 Å². The summed E-state index contributed by atoms with van der Waals surface area (Å²) in [5, 5.41) is 0. The molecule has 26 heavy (non-hydrogen) atoms. The fourth-order valence-corrected chi connectivity index (χ4v) is 3.36. The molecule has 3 heterocycles. The summed E-state index contributed by atoms with van der Waals surface area (Å²) >= 11 is 0. The summed E-state index contributed by atoms with van der Waals surface area (Å²) in [7, 11) is 2.01. The van der Waals surface area contributed by atoms with E-state index in [1.807, 2.05) is 54.7 Å². The largest absolute Gasteiger partial charge is 0.426 e. The predicted molar refractivity (Wildman–Crippen MR) is 96.3 cm³/mol. The third-order valence-corrected chi connectivity index (χ3v) is 4.76. The number of rotatable bonds is 4. The van der Waals surface area contributed by atoms with Crippen molar-refractivity contribution >= 4 is 5.91 Å². The number of para-hydroxylation sites is 1. The fourth-order valence-electron chi connectivity index (χ4n) is 3.36. The van der Waals surface area contributed by atoms with Gasteiger partial charge < -0.3 is 18.6 Å². The summed E-state index contributed by atoms with van der Waals surface area (Å²) in [5.74, 6) is 2.71. The number of likely N-dealkylation sites (tertiary alicyclic amines) is 1. The molecule has 6 heteroatoms. The highest BCUT2D eigenvalue weighted by atomic mass is 16.6. The molecule has 0 unspecified atom stereocenters. The molecule has 1 aromatic carbocycles. The lowest BCUT2D eigenvalue weighted by molar-refractivity contribution is 0.0673. The van der Waals surface area contributed by atoms with E-state index >= 15 is 0 Å². The zero-order valence-electron chi connectivity index (χ0n) is 14.7. The molecule has 0 saturated carbocycles. The van der Waals surface area contributed by atoms with Crippen LogP contribution in [0.25, 0.3) is 0 Å². The number of hydrogen-bond acceptors (Lipinski definition) is 4. The van der Waals surface area contributed by atoms with Crippen molar-refractivity contribution < 1.29 is 13.9 Å². The highest BCUT2D eigenvalue weighted by molar-refractivity contribution is 5.91. The molecule has 4 rings (SSSR count). The zero-order chi connectivity index (χ0) is 17.9. The molecule has 1 saturated heterocycles. The first-order chi connectivity index (χ1) is 12.7. The maximum Gasteiger partial charge on any atom is 0.290 e. The van der Waals surface area contributed by atoms with Crippen molar-refractivity contribution in [3.05, 3.63) is 66.4 Å². The fraction of sp³-hybridized carbons (Fsp3) is 0.300. The molecule has 6 nitrogen and oxygen atoms in total. The molecule has 2 aromatic heterocycles.